The van der Waals surface area contributed by atoms with Crippen LogP contribution in [0.2, 0.25) is 0 Å². The maximum atomic E-state index is 13.5. The third-order valence-electron chi connectivity index (χ3n) is 3.25. The van der Waals surface area contributed by atoms with E-state index in [1.807, 2.05) is 6.07 Å². The summed E-state index contributed by atoms with van der Waals surface area (Å²) in [6.45, 7) is 3.40. The number of hydrogen-bond acceptors (Lipinski definition) is 2. The van der Waals surface area contributed by atoms with Gasteiger partial charge in [-0.25, -0.2) is 4.39 Å². The fraction of sp³-hybridized carbons (Fsp3) is 0.600. The Labute approximate surface area is 109 Å². The van der Waals surface area contributed by atoms with Gasteiger partial charge in [-0.15, -0.1) is 0 Å². The van der Waals surface area contributed by atoms with Gasteiger partial charge in [0.15, 0.2) is 0 Å². The Kier molecular flexibility index (Phi) is 5.14. The summed E-state index contributed by atoms with van der Waals surface area (Å²) in [5.74, 6) is -0.178. The van der Waals surface area contributed by atoms with Crippen LogP contribution in [0, 0.1) is 5.82 Å². The van der Waals surface area contributed by atoms with Gasteiger partial charge >= 0.3 is 0 Å². The van der Waals surface area contributed by atoms with E-state index in [4.69, 9.17) is 4.74 Å². The van der Waals surface area contributed by atoms with E-state index in [0.29, 0.717) is 18.2 Å². The van der Waals surface area contributed by atoms with Crippen LogP contribution in [-0.2, 0) is 11.3 Å². The van der Waals surface area contributed by atoms with Crippen molar-refractivity contribution in [2.45, 2.75) is 51.4 Å². The number of halogens is 1. The minimum atomic E-state index is -0.178. The molecule has 0 radical (unpaired) electrons. The Morgan fingerprint density at radius 3 is 2.83 bits per heavy atom. The Morgan fingerprint density at radius 1 is 1.39 bits per heavy atom. The average Bonchev–Trinajstić information content (AvgIpc) is 3.18. The number of rotatable bonds is 8. The first kappa shape index (κ1) is 13.5. The van der Waals surface area contributed by atoms with E-state index in [0.717, 1.165) is 19.4 Å². The van der Waals surface area contributed by atoms with Gasteiger partial charge in [-0.05, 0) is 25.3 Å². The zero-order valence-corrected chi connectivity index (χ0v) is 11.0. The second kappa shape index (κ2) is 6.86. The van der Waals surface area contributed by atoms with Crippen LogP contribution in [0.25, 0.3) is 0 Å². The molecule has 1 N–H and O–H groups in total. The molecule has 1 aromatic rings. The number of nitrogens with one attached hydrogen (secondary N) is 1. The van der Waals surface area contributed by atoms with E-state index < -0.39 is 0 Å². The average molecular weight is 251 g/mol. The molecular formula is C15H22FNO. The van der Waals surface area contributed by atoms with Gasteiger partial charge in [-0.1, -0.05) is 31.5 Å². The van der Waals surface area contributed by atoms with Crippen molar-refractivity contribution in [3.63, 3.8) is 0 Å². The minimum absolute atomic E-state index is 0.178. The molecule has 1 unspecified atom stereocenters. The topological polar surface area (TPSA) is 21.3 Å². The molecule has 0 aliphatic heterocycles. The molecule has 3 heteroatoms. The molecule has 100 valence electrons. The quantitative estimate of drug-likeness (QED) is 0.765. The Bertz CT molecular complexity index is 365. The number of ether oxygens (including phenoxy) is 1. The Morgan fingerprint density at radius 2 is 2.17 bits per heavy atom. The summed E-state index contributed by atoms with van der Waals surface area (Å²) in [6, 6.07) is 7.51. The highest BCUT2D eigenvalue weighted by atomic mass is 19.1. The lowest BCUT2D eigenvalue weighted by Gasteiger charge is -2.18. The molecule has 0 amide bonds. The molecule has 1 saturated carbocycles. The van der Waals surface area contributed by atoms with E-state index in [2.05, 4.69) is 12.2 Å². The SMILES string of the molecule is CCCC(CNC1CC1)OCc1ccccc1F. The van der Waals surface area contributed by atoms with Crippen molar-refractivity contribution in [1.82, 2.24) is 5.32 Å². The standard InChI is InChI=1S/C15H22FNO/c1-2-5-14(10-17-13-8-9-13)18-11-12-6-3-4-7-15(12)16/h3-4,6-7,13-14,17H,2,5,8-11H2,1H3. The summed E-state index contributed by atoms with van der Waals surface area (Å²) < 4.78 is 19.3. The monoisotopic (exact) mass is 251 g/mol. The maximum absolute atomic E-state index is 13.5. The molecule has 1 atom stereocenters. The van der Waals surface area contributed by atoms with Crippen LogP contribution in [0.4, 0.5) is 4.39 Å². The van der Waals surface area contributed by atoms with Crippen LogP contribution < -0.4 is 5.32 Å². The van der Waals surface area contributed by atoms with Crippen molar-refractivity contribution in [3.8, 4) is 0 Å². The zero-order valence-electron chi connectivity index (χ0n) is 11.0. The van der Waals surface area contributed by atoms with Crippen molar-refractivity contribution in [2.24, 2.45) is 0 Å². The van der Waals surface area contributed by atoms with E-state index in [9.17, 15) is 4.39 Å². The third-order valence-corrected chi connectivity index (χ3v) is 3.25. The summed E-state index contributed by atoms with van der Waals surface area (Å²) in [5.41, 5.74) is 0.644. The first-order chi connectivity index (χ1) is 8.79. The van der Waals surface area contributed by atoms with E-state index in [1.54, 1.807) is 12.1 Å². The lowest BCUT2D eigenvalue weighted by atomic mass is 10.2. The molecule has 0 heterocycles. The van der Waals surface area contributed by atoms with Crippen molar-refractivity contribution < 1.29 is 9.13 Å². The third kappa shape index (κ3) is 4.39. The van der Waals surface area contributed by atoms with Crippen LogP contribution in [0.3, 0.4) is 0 Å². The second-order valence-electron chi connectivity index (χ2n) is 5.00. The molecule has 2 rings (SSSR count). The molecule has 0 aromatic heterocycles. The fourth-order valence-electron chi connectivity index (χ4n) is 1.97. The highest BCUT2D eigenvalue weighted by molar-refractivity contribution is 5.16. The zero-order chi connectivity index (χ0) is 12.8. The normalized spacial score (nSPS) is 16.8. The van der Waals surface area contributed by atoms with Gasteiger partial charge in [0.2, 0.25) is 0 Å². The van der Waals surface area contributed by atoms with Crippen molar-refractivity contribution in [1.29, 1.82) is 0 Å². The van der Waals surface area contributed by atoms with Gasteiger partial charge in [0.1, 0.15) is 5.82 Å². The molecule has 1 aromatic carbocycles. The van der Waals surface area contributed by atoms with Gasteiger partial charge in [0.05, 0.1) is 12.7 Å². The molecule has 1 aliphatic carbocycles. The second-order valence-corrected chi connectivity index (χ2v) is 5.00. The lowest BCUT2D eigenvalue weighted by Crippen LogP contribution is -2.30. The molecule has 18 heavy (non-hydrogen) atoms. The van der Waals surface area contributed by atoms with Crippen LogP contribution in [-0.4, -0.2) is 18.7 Å². The van der Waals surface area contributed by atoms with Gasteiger partial charge < -0.3 is 10.1 Å². The van der Waals surface area contributed by atoms with Crippen molar-refractivity contribution in [3.05, 3.63) is 35.6 Å². The van der Waals surface area contributed by atoms with Crippen LogP contribution >= 0.6 is 0 Å². The molecule has 0 bridgehead atoms. The van der Waals surface area contributed by atoms with E-state index in [-0.39, 0.29) is 11.9 Å². The minimum Gasteiger partial charge on any atom is -0.372 e. The molecule has 0 spiro atoms. The summed E-state index contributed by atoms with van der Waals surface area (Å²) in [6.07, 6.45) is 4.87. The Hall–Kier alpha value is -0.930. The fourth-order valence-corrected chi connectivity index (χ4v) is 1.97. The summed E-state index contributed by atoms with van der Waals surface area (Å²) >= 11 is 0. The van der Waals surface area contributed by atoms with Crippen molar-refractivity contribution >= 4 is 0 Å². The van der Waals surface area contributed by atoms with Gasteiger partial charge in [0, 0.05) is 18.2 Å². The van der Waals surface area contributed by atoms with Crippen LogP contribution in [0.1, 0.15) is 38.2 Å². The van der Waals surface area contributed by atoms with Crippen LogP contribution in [0.15, 0.2) is 24.3 Å². The number of benzene rings is 1. The highest BCUT2D eigenvalue weighted by Crippen LogP contribution is 2.19. The summed E-state index contributed by atoms with van der Waals surface area (Å²) in [4.78, 5) is 0. The largest absolute Gasteiger partial charge is 0.372 e. The first-order valence-corrected chi connectivity index (χ1v) is 6.88. The van der Waals surface area contributed by atoms with Gasteiger partial charge in [-0.3, -0.25) is 0 Å². The molecule has 2 nitrogen and oxygen atoms in total. The van der Waals surface area contributed by atoms with E-state index in [1.165, 1.54) is 18.9 Å². The van der Waals surface area contributed by atoms with Crippen molar-refractivity contribution in [2.75, 3.05) is 6.54 Å². The number of hydrogen-bond donors (Lipinski definition) is 1. The molecule has 0 saturated heterocycles. The van der Waals surface area contributed by atoms with Gasteiger partial charge in [-0.2, -0.15) is 0 Å². The predicted molar refractivity (Wildman–Crippen MR) is 70.9 cm³/mol. The smallest absolute Gasteiger partial charge is 0.128 e. The predicted octanol–water partition coefficient (Wildman–Crippen LogP) is 3.26. The maximum Gasteiger partial charge on any atom is 0.128 e. The summed E-state index contributed by atoms with van der Waals surface area (Å²) in [7, 11) is 0. The molecular weight excluding hydrogens is 229 g/mol. The lowest BCUT2D eigenvalue weighted by molar-refractivity contribution is 0.0331. The Balaban J connectivity index is 1.78. The van der Waals surface area contributed by atoms with E-state index >= 15 is 0 Å². The molecule has 1 aliphatic rings. The summed E-state index contributed by atoms with van der Waals surface area (Å²) in [5, 5.41) is 3.47. The molecule has 1 fully saturated rings. The van der Waals surface area contributed by atoms with Crippen LogP contribution in [0.5, 0.6) is 0 Å². The highest BCUT2D eigenvalue weighted by Gasteiger charge is 2.21. The first-order valence-electron chi connectivity index (χ1n) is 6.88. The van der Waals surface area contributed by atoms with Gasteiger partial charge in [0.25, 0.3) is 0 Å².